The van der Waals surface area contributed by atoms with Crippen molar-refractivity contribution in [1.29, 1.82) is 0 Å². The number of aliphatic hydroxyl groups excluding tert-OH is 1. The quantitative estimate of drug-likeness (QED) is 0.694. The van der Waals surface area contributed by atoms with Crippen molar-refractivity contribution >= 4 is 0 Å². The number of hydrogen-bond donors (Lipinski definition) is 1. The van der Waals surface area contributed by atoms with Crippen LogP contribution in [0.1, 0.15) is 11.1 Å². The van der Waals surface area contributed by atoms with Crippen molar-refractivity contribution in [2.75, 3.05) is 53.4 Å². The summed E-state index contributed by atoms with van der Waals surface area (Å²) in [5.74, 6) is 0.802. The first-order valence-electron chi connectivity index (χ1n) is 9.94. The minimum Gasteiger partial charge on any atom is -0.491 e. The number of piperazine rings is 1. The lowest BCUT2D eigenvalue weighted by molar-refractivity contribution is 0.0505. The fraction of sp³-hybridized carbons (Fsp3) is 0.571. The fourth-order valence-electron chi connectivity index (χ4n) is 3.50. The summed E-state index contributed by atoms with van der Waals surface area (Å²) in [6, 6.07) is 8.13. The summed E-state index contributed by atoms with van der Waals surface area (Å²) in [6.45, 7) is 6.86. The normalized spacial score (nSPS) is 17.2. The zero-order valence-corrected chi connectivity index (χ0v) is 17.3. The molecule has 1 saturated heterocycles. The molecule has 7 nitrogen and oxygen atoms in total. The van der Waals surface area contributed by atoms with E-state index in [4.69, 9.17) is 4.74 Å². The molecule has 2 heterocycles. The third-order valence-electron chi connectivity index (χ3n) is 5.09. The van der Waals surface area contributed by atoms with Crippen LogP contribution in [0.25, 0.3) is 0 Å². The molecule has 0 aliphatic carbocycles. The van der Waals surface area contributed by atoms with Gasteiger partial charge in [-0.25, -0.2) is 0 Å². The van der Waals surface area contributed by atoms with Crippen molar-refractivity contribution in [1.82, 2.24) is 24.5 Å². The van der Waals surface area contributed by atoms with Gasteiger partial charge in [-0.2, -0.15) is 5.10 Å². The average Bonchev–Trinajstić information content (AvgIpc) is 3.07. The van der Waals surface area contributed by atoms with Crippen molar-refractivity contribution in [2.45, 2.75) is 19.2 Å². The minimum atomic E-state index is -0.464. The van der Waals surface area contributed by atoms with E-state index >= 15 is 0 Å². The van der Waals surface area contributed by atoms with E-state index in [-0.39, 0.29) is 0 Å². The van der Waals surface area contributed by atoms with E-state index < -0.39 is 6.10 Å². The molecule has 1 aliphatic rings. The molecule has 2 aromatic rings. The molecule has 0 spiro atoms. The molecule has 0 radical (unpaired) electrons. The van der Waals surface area contributed by atoms with E-state index in [1.165, 1.54) is 11.1 Å². The van der Waals surface area contributed by atoms with Crippen molar-refractivity contribution in [3.63, 3.8) is 0 Å². The number of β-amino-alcohol motifs (C(OH)–C–C–N with tert-alkyl or cyclic N) is 1. The van der Waals surface area contributed by atoms with Crippen LogP contribution in [0, 0.1) is 0 Å². The maximum atomic E-state index is 10.3. The summed E-state index contributed by atoms with van der Waals surface area (Å²) in [6.07, 6.45) is 3.48. The van der Waals surface area contributed by atoms with E-state index in [9.17, 15) is 5.11 Å². The molecule has 1 N–H and O–H groups in total. The monoisotopic (exact) mass is 387 g/mol. The maximum absolute atomic E-state index is 10.3. The van der Waals surface area contributed by atoms with Crippen molar-refractivity contribution < 1.29 is 9.84 Å². The number of hydrogen-bond acceptors (Lipinski definition) is 6. The van der Waals surface area contributed by atoms with Crippen LogP contribution >= 0.6 is 0 Å². The highest BCUT2D eigenvalue weighted by Crippen LogP contribution is 2.15. The van der Waals surface area contributed by atoms with Gasteiger partial charge in [-0.15, -0.1) is 0 Å². The van der Waals surface area contributed by atoms with Crippen molar-refractivity contribution in [3.05, 3.63) is 47.8 Å². The summed E-state index contributed by atoms with van der Waals surface area (Å²) in [7, 11) is 6.17. The summed E-state index contributed by atoms with van der Waals surface area (Å²) in [5.41, 5.74) is 2.44. The Morgan fingerprint density at radius 3 is 2.39 bits per heavy atom. The van der Waals surface area contributed by atoms with Gasteiger partial charge in [0.2, 0.25) is 0 Å². The average molecular weight is 388 g/mol. The Morgan fingerprint density at radius 2 is 1.75 bits per heavy atom. The second-order valence-corrected chi connectivity index (χ2v) is 7.91. The summed E-state index contributed by atoms with van der Waals surface area (Å²) in [4.78, 5) is 6.87. The number of aliphatic hydroxyl groups is 1. The third kappa shape index (κ3) is 6.60. The first kappa shape index (κ1) is 20.8. The lowest BCUT2D eigenvalue weighted by Crippen LogP contribution is -2.47. The maximum Gasteiger partial charge on any atom is 0.119 e. The molecule has 1 atom stereocenters. The second-order valence-electron chi connectivity index (χ2n) is 7.91. The number of ether oxygens (including phenoxy) is 1. The summed E-state index contributed by atoms with van der Waals surface area (Å²) >= 11 is 0. The number of rotatable bonds is 9. The van der Waals surface area contributed by atoms with Crippen LogP contribution in [0.4, 0.5) is 0 Å². The Hall–Kier alpha value is -1.93. The van der Waals surface area contributed by atoms with Crippen LogP contribution in [0.3, 0.4) is 0 Å². The highest BCUT2D eigenvalue weighted by atomic mass is 16.5. The lowest BCUT2D eigenvalue weighted by Gasteiger charge is -2.33. The molecule has 0 bridgehead atoms. The molecule has 3 rings (SSSR count). The molecule has 28 heavy (non-hydrogen) atoms. The first-order valence-corrected chi connectivity index (χ1v) is 9.94. The Kier molecular flexibility index (Phi) is 7.44. The zero-order chi connectivity index (χ0) is 19.9. The van der Waals surface area contributed by atoms with Gasteiger partial charge < -0.3 is 14.7 Å². The highest BCUT2D eigenvalue weighted by Gasteiger charge is 2.17. The van der Waals surface area contributed by atoms with Crippen LogP contribution in [0.5, 0.6) is 5.75 Å². The Morgan fingerprint density at radius 1 is 1.07 bits per heavy atom. The van der Waals surface area contributed by atoms with Gasteiger partial charge in [0.05, 0.1) is 6.20 Å². The van der Waals surface area contributed by atoms with Crippen LogP contribution < -0.4 is 4.74 Å². The minimum absolute atomic E-state index is 0.326. The Bertz CT molecular complexity index is 710. The largest absolute Gasteiger partial charge is 0.491 e. The van der Waals surface area contributed by atoms with E-state index in [1.807, 2.05) is 36.3 Å². The van der Waals surface area contributed by atoms with Crippen LogP contribution in [0.15, 0.2) is 36.7 Å². The molecular weight excluding hydrogens is 354 g/mol. The van der Waals surface area contributed by atoms with Crippen molar-refractivity contribution in [3.8, 4) is 5.75 Å². The number of benzene rings is 1. The van der Waals surface area contributed by atoms with Gasteiger partial charge >= 0.3 is 0 Å². The highest BCUT2D eigenvalue weighted by molar-refractivity contribution is 5.27. The van der Waals surface area contributed by atoms with E-state index in [1.54, 1.807) is 0 Å². The molecule has 0 amide bonds. The standard InChI is InChI=1S/C21H33N5O2/c1-23-8-10-26(11-9-23)16-20(27)17-28-21-6-4-18(5-7-21)13-24(2)14-19-12-22-25(3)15-19/h4-7,12,15,20,27H,8-11,13-14,16-17H2,1-3H3. The Balaban J connectivity index is 1.38. The molecule has 1 fully saturated rings. The predicted molar refractivity (Wildman–Crippen MR) is 110 cm³/mol. The zero-order valence-electron chi connectivity index (χ0n) is 17.3. The molecule has 1 unspecified atom stereocenters. The van der Waals surface area contributed by atoms with Gasteiger partial charge in [-0.05, 0) is 31.8 Å². The van der Waals surface area contributed by atoms with E-state index in [0.717, 1.165) is 45.0 Å². The van der Waals surface area contributed by atoms with Crippen LogP contribution in [0.2, 0.25) is 0 Å². The molecule has 1 aromatic carbocycles. The van der Waals surface area contributed by atoms with Crippen LogP contribution in [-0.4, -0.2) is 89.1 Å². The number of aryl methyl sites for hydroxylation is 1. The molecule has 7 heteroatoms. The lowest BCUT2D eigenvalue weighted by atomic mass is 10.2. The van der Waals surface area contributed by atoms with Gasteiger partial charge in [0.15, 0.2) is 0 Å². The fourth-order valence-corrected chi connectivity index (χ4v) is 3.50. The topological polar surface area (TPSA) is 57.0 Å². The molecule has 0 saturated carbocycles. The van der Waals surface area contributed by atoms with Gasteiger partial charge in [-0.3, -0.25) is 14.5 Å². The van der Waals surface area contributed by atoms with Gasteiger partial charge in [0.25, 0.3) is 0 Å². The molecule has 154 valence electrons. The summed E-state index contributed by atoms with van der Waals surface area (Å²) < 4.78 is 7.60. The smallest absolute Gasteiger partial charge is 0.119 e. The second kappa shape index (κ2) is 10.0. The molecule has 1 aromatic heterocycles. The Labute approximate surface area is 168 Å². The SMILES string of the molecule is CN1CCN(CC(O)COc2ccc(CN(C)Cc3cnn(C)c3)cc2)CC1. The van der Waals surface area contributed by atoms with Crippen LogP contribution in [-0.2, 0) is 20.1 Å². The van der Waals surface area contributed by atoms with Gasteiger partial charge in [0.1, 0.15) is 18.5 Å². The predicted octanol–water partition coefficient (Wildman–Crippen LogP) is 1.04. The van der Waals surface area contributed by atoms with E-state index in [2.05, 4.69) is 46.0 Å². The van der Waals surface area contributed by atoms with Crippen molar-refractivity contribution in [2.24, 2.45) is 7.05 Å². The van der Waals surface area contributed by atoms with Gasteiger partial charge in [-0.1, -0.05) is 12.1 Å². The number of nitrogens with zero attached hydrogens (tertiary/aromatic N) is 5. The third-order valence-corrected chi connectivity index (χ3v) is 5.09. The number of likely N-dealkylation sites (N-methyl/N-ethyl adjacent to an activating group) is 1. The summed E-state index contributed by atoms with van der Waals surface area (Å²) in [5, 5.41) is 14.5. The molecular formula is C21H33N5O2. The number of aromatic nitrogens is 2. The van der Waals surface area contributed by atoms with E-state index in [0.29, 0.717) is 13.2 Å². The van der Waals surface area contributed by atoms with Gasteiger partial charge in [0, 0.05) is 64.6 Å². The molecule has 1 aliphatic heterocycles. The first-order chi connectivity index (χ1) is 13.5.